The van der Waals surface area contributed by atoms with E-state index in [1.807, 2.05) is 17.0 Å². The summed E-state index contributed by atoms with van der Waals surface area (Å²) in [6.07, 6.45) is 5.07. The third-order valence-electron chi connectivity index (χ3n) is 6.78. The molecule has 2 fully saturated rings. The molecule has 186 valence electrons. The van der Waals surface area contributed by atoms with E-state index >= 15 is 0 Å². The maximum Gasteiger partial charge on any atom is 0.222 e. The summed E-state index contributed by atoms with van der Waals surface area (Å²) >= 11 is 0. The lowest BCUT2D eigenvalue weighted by atomic mass is 9.97. The van der Waals surface area contributed by atoms with Gasteiger partial charge in [-0.15, -0.1) is 0 Å². The summed E-state index contributed by atoms with van der Waals surface area (Å²) < 4.78 is 26.1. The molecule has 2 saturated heterocycles. The molecule has 0 spiro atoms. The summed E-state index contributed by atoms with van der Waals surface area (Å²) in [5, 5.41) is 0. The summed E-state index contributed by atoms with van der Waals surface area (Å²) in [5.41, 5.74) is 1.19. The van der Waals surface area contributed by atoms with Crippen LogP contribution in [0.2, 0.25) is 0 Å². The van der Waals surface area contributed by atoms with Crippen molar-refractivity contribution < 1.29 is 18.5 Å². The number of unbranched alkanes of at least 4 members (excludes halogenated alkanes) is 1. The van der Waals surface area contributed by atoms with Crippen molar-refractivity contribution in [2.45, 2.75) is 57.1 Å². The Hall–Kier alpha value is -1.64. The van der Waals surface area contributed by atoms with E-state index in [-0.39, 0.29) is 10.7 Å². The van der Waals surface area contributed by atoms with Gasteiger partial charge in [0.25, 0.3) is 0 Å². The first-order valence-corrected chi connectivity index (χ1v) is 13.5. The molecule has 8 heteroatoms. The number of hydrogen-bond donors (Lipinski definition) is 0. The maximum atomic E-state index is 13.5. The van der Waals surface area contributed by atoms with Gasteiger partial charge in [0, 0.05) is 65.1 Å². The smallest absolute Gasteiger partial charge is 0.222 e. The molecule has 1 unspecified atom stereocenters. The SMILES string of the molecule is CCCCOc1ccc(N2CCN(S(=O)C3(C)CCN(C(=O)CCCOC)CC3)CC2)cc1. The largest absolute Gasteiger partial charge is 0.494 e. The van der Waals surface area contributed by atoms with E-state index in [0.29, 0.717) is 26.1 Å². The van der Waals surface area contributed by atoms with Crippen molar-refractivity contribution in [3.63, 3.8) is 0 Å². The highest BCUT2D eigenvalue weighted by Gasteiger charge is 2.40. The Bertz CT molecular complexity index is 757. The molecule has 7 nitrogen and oxygen atoms in total. The van der Waals surface area contributed by atoms with Crippen LogP contribution < -0.4 is 9.64 Å². The molecule has 1 aromatic carbocycles. The minimum Gasteiger partial charge on any atom is -0.494 e. The number of hydrogen-bond acceptors (Lipinski definition) is 5. The van der Waals surface area contributed by atoms with Crippen molar-refractivity contribution in [2.24, 2.45) is 0 Å². The lowest BCUT2D eigenvalue weighted by Gasteiger charge is -2.43. The van der Waals surface area contributed by atoms with Gasteiger partial charge in [-0.05, 0) is 56.9 Å². The quantitative estimate of drug-likeness (QED) is 0.455. The molecule has 0 bridgehead atoms. The van der Waals surface area contributed by atoms with Gasteiger partial charge in [0.05, 0.1) is 11.4 Å². The fourth-order valence-electron chi connectivity index (χ4n) is 4.44. The average Bonchev–Trinajstić information content (AvgIpc) is 2.85. The van der Waals surface area contributed by atoms with E-state index in [9.17, 15) is 9.00 Å². The number of carbonyl (C=O) groups excluding carboxylic acids is 1. The number of anilines is 1. The van der Waals surface area contributed by atoms with Crippen LogP contribution in [0.4, 0.5) is 5.69 Å². The monoisotopic (exact) mass is 479 g/mol. The second-order valence-corrected chi connectivity index (χ2v) is 11.3. The molecule has 0 N–H and O–H groups in total. The predicted molar refractivity (Wildman–Crippen MR) is 134 cm³/mol. The highest BCUT2D eigenvalue weighted by atomic mass is 32.2. The van der Waals surface area contributed by atoms with Crippen LogP contribution >= 0.6 is 0 Å². The fraction of sp³-hybridized carbons (Fsp3) is 0.720. The Labute approximate surface area is 202 Å². The van der Waals surface area contributed by atoms with Crippen molar-refractivity contribution in [3.8, 4) is 5.75 Å². The Morgan fingerprint density at radius 2 is 1.67 bits per heavy atom. The first-order valence-electron chi connectivity index (χ1n) is 12.4. The highest BCUT2D eigenvalue weighted by molar-refractivity contribution is 7.84. The molecule has 1 amide bonds. The van der Waals surface area contributed by atoms with Gasteiger partial charge in [-0.3, -0.25) is 4.79 Å². The molecule has 3 rings (SSSR count). The number of nitrogens with zero attached hydrogens (tertiary/aromatic N) is 3. The van der Waals surface area contributed by atoms with Crippen LogP contribution in [-0.4, -0.2) is 83.7 Å². The second kappa shape index (κ2) is 12.7. The fourth-order valence-corrected chi connectivity index (χ4v) is 6.09. The van der Waals surface area contributed by atoms with Gasteiger partial charge in [0.15, 0.2) is 0 Å². The minimum atomic E-state index is -1.04. The third kappa shape index (κ3) is 7.17. The van der Waals surface area contributed by atoms with Crippen molar-refractivity contribution >= 4 is 22.6 Å². The molecule has 2 heterocycles. The van der Waals surface area contributed by atoms with E-state index in [1.165, 1.54) is 5.69 Å². The zero-order valence-corrected chi connectivity index (χ0v) is 21.4. The summed E-state index contributed by atoms with van der Waals surface area (Å²) in [5.74, 6) is 1.11. The summed E-state index contributed by atoms with van der Waals surface area (Å²) in [6, 6.07) is 8.32. The van der Waals surface area contributed by atoms with Gasteiger partial charge in [-0.1, -0.05) is 13.3 Å². The van der Waals surface area contributed by atoms with Gasteiger partial charge < -0.3 is 19.3 Å². The number of methoxy groups -OCH3 is 1. The van der Waals surface area contributed by atoms with Gasteiger partial charge in [0.2, 0.25) is 5.91 Å². The zero-order valence-electron chi connectivity index (χ0n) is 20.6. The molecule has 0 radical (unpaired) electrons. The summed E-state index contributed by atoms with van der Waals surface area (Å²) in [4.78, 5) is 16.7. The Kier molecular flexibility index (Phi) is 10.0. The van der Waals surface area contributed by atoms with E-state index in [4.69, 9.17) is 9.47 Å². The number of piperidine rings is 1. The number of piperazine rings is 1. The molecule has 2 aliphatic rings. The van der Waals surface area contributed by atoms with Gasteiger partial charge in [-0.25, -0.2) is 8.51 Å². The summed E-state index contributed by atoms with van der Waals surface area (Å²) in [6.45, 7) is 10.4. The lowest BCUT2D eigenvalue weighted by Crippen LogP contribution is -2.55. The normalized spacial score (nSPS) is 20.0. The van der Waals surface area contributed by atoms with Crippen molar-refractivity contribution in [2.75, 3.05) is 64.5 Å². The Morgan fingerprint density at radius 1 is 1.00 bits per heavy atom. The zero-order chi connectivity index (χ0) is 23.7. The lowest BCUT2D eigenvalue weighted by molar-refractivity contribution is -0.132. The van der Waals surface area contributed by atoms with Crippen LogP contribution in [0.25, 0.3) is 0 Å². The Balaban J connectivity index is 1.45. The molecular formula is C25H41N3O4S. The van der Waals surface area contributed by atoms with Crippen LogP contribution in [-0.2, 0) is 20.5 Å². The number of rotatable bonds is 11. The minimum absolute atomic E-state index is 0.190. The molecule has 1 aromatic rings. The standard InChI is InChI=1S/C25H41N3O4S/c1-4-5-21-32-23-10-8-22(9-11-23)26-16-18-28(19-17-26)33(30)25(2)12-14-27(15-13-25)24(29)7-6-20-31-3/h8-11H,4-7,12-21H2,1-3H3. The van der Waals surface area contributed by atoms with E-state index in [1.54, 1.807) is 7.11 Å². The number of benzene rings is 1. The van der Waals surface area contributed by atoms with Crippen LogP contribution in [0.15, 0.2) is 24.3 Å². The molecule has 0 aromatic heterocycles. The van der Waals surface area contributed by atoms with Crippen molar-refractivity contribution in [1.82, 2.24) is 9.21 Å². The number of carbonyl (C=O) groups is 1. The van der Waals surface area contributed by atoms with Crippen LogP contribution in [0.1, 0.15) is 52.4 Å². The first kappa shape index (κ1) is 26.0. The van der Waals surface area contributed by atoms with Gasteiger partial charge >= 0.3 is 0 Å². The average molecular weight is 480 g/mol. The van der Waals surface area contributed by atoms with Crippen molar-refractivity contribution in [1.29, 1.82) is 0 Å². The molecule has 1 atom stereocenters. The maximum absolute atomic E-state index is 13.5. The number of ether oxygens (including phenoxy) is 2. The molecule has 33 heavy (non-hydrogen) atoms. The molecule has 0 aliphatic carbocycles. The van der Waals surface area contributed by atoms with E-state index in [0.717, 1.165) is 70.6 Å². The molecule has 2 aliphatic heterocycles. The van der Waals surface area contributed by atoms with Crippen LogP contribution in [0.5, 0.6) is 5.75 Å². The molecule has 0 saturated carbocycles. The van der Waals surface area contributed by atoms with Gasteiger partial charge in [0.1, 0.15) is 16.7 Å². The number of amides is 1. The number of likely N-dealkylation sites (tertiary alicyclic amines) is 1. The topological polar surface area (TPSA) is 62.3 Å². The summed E-state index contributed by atoms with van der Waals surface area (Å²) in [7, 11) is 0.614. The van der Waals surface area contributed by atoms with E-state index in [2.05, 4.69) is 35.2 Å². The highest BCUT2D eigenvalue weighted by Crippen LogP contribution is 2.31. The molecular weight excluding hydrogens is 438 g/mol. The van der Waals surface area contributed by atoms with Crippen LogP contribution in [0.3, 0.4) is 0 Å². The van der Waals surface area contributed by atoms with Crippen molar-refractivity contribution in [3.05, 3.63) is 24.3 Å². The van der Waals surface area contributed by atoms with Gasteiger partial charge in [-0.2, -0.15) is 0 Å². The van der Waals surface area contributed by atoms with Crippen LogP contribution in [0, 0.1) is 0 Å². The predicted octanol–water partition coefficient (Wildman–Crippen LogP) is 3.46. The third-order valence-corrected chi connectivity index (χ3v) is 8.86. The Morgan fingerprint density at radius 3 is 2.27 bits per heavy atom. The second-order valence-electron chi connectivity index (χ2n) is 9.29. The van der Waals surface area contributed by atoms with E-state index < -0.39 is 11.0 Å². The first-order chi connectivity index (χ1) is 16.0.